The smallest absolute Gasteiger partial charge is 0.274 e. The summed E-state index contributed by atoms with van der Waals surface area (Å²) in [6, 6.07) is 17.0. The second-order valence-corrected chi connectivity index (χ2v) is 7.04. The largest absolute Gasteiger partial charge is 0.491 e. The number of rotatable bonds is 7. The Bertz CT molecular complexity index is 967. The van der Waals surface area contributed by atoms with Crippen LogP contribution in [-0.2, 0) is 6.42 Å². The number of benzene rings is 2. The SMILES string of the molecule is CCc1ccc(NC(=O)c2cc(C)nc(Nc3ccc(OC(C)C)cc3)n2)cc1. The highest BCUT2D eigenvalue weighted by Gasteiger charge is 2.11. The van der Waals surface area contributed by atoms with Crippen molar-refractivity contribution in [1.29, 1.82) is 0 Å². The summed E-state index contributed by atoms with van der Waals surface area (Å²) >= 11 is 0. The number of amides is 1. The summed E-state index contributed by atoms with van der Waals surface area (Å²) in [5, 5.41) is 6.02. The number of carbonyl (C=O) groups excluding carboxylic acids is 1. The third-order valence-electron chi connectivity index (χ3n) is 4.19. The predicted molar refractivity (Wildman–Crippen MR) is 116 cm³/mol. The molecule has 0 fully saturated rings. The molecule has 0 bridgehead atoms. The fourth-order valence-corrected chi connectivity index (χ4v) is 2.78. The molecule has 3 rings (SSSR count). The maximum absolute atomic E-state index is 12.6. The van der Waals surface area contributed by atoms with Crippen molar-refractivity contribution in [2.75, 3.05) is 10.6 Å². The van der Waals surface area contributed by atoms with E-state index in [1.807, 2.05) is 69.3 Å². The van der Waals surface area contributed by atoms with Crippen molar-refractivity contribution in [3.63, 3.8) is 0 Å². The molecule has 0 unspecified atom stereocenters. The number of carbonyl (C=O) groups is 1. The van der Waals surface area contributed by atoms with Gasteiger partial charge < -0.3 is 15.4 Å². The molecule has 1 aromatic heterocycles. The van der Waals surface area contributed by atoms with E-state index >= 15 is 0 Å². The predicted octanol–water partition coefficient (Wildman–Crippen LogP) is 5.13. The van der Waals surface area contributed by atoms with Crippen LogP contribution in [0.3, 0.4) is 0 Å². The maximum Gasteiger partial charge on any atom is 0.274 e. The summed E-state index contributed by atoms with van der Waals surface area (Å²) in [6.07, 6.45) is 1.08. The first-order valence-corrected chi connectivity index (χ1v) is 9.72. The van der Waals surface area contributed by atoms with Gasteiger partial charge in [0.05, 0.1) is 6.10 Å². The molecule has 0 saturated heterocycles. The van der Waals surface area contributed by atoms with E-state index in [1.54, 1.807) is 6.07 Å². The Labute approximate surface area is 171 Å². The average Bonchev–Trinajstić information content (AvgIpc) is 2.69. The molecule has 1 amide bonds. The van der Waals surface area contributed by atoms with Gasteiger partial charge in [0, 0.05) is 17.1 Å². The van der Waals surface area contributed by atoms with Gasteiger partial charge in [-0.05, 0) is 75.2 Å². The van der Waals surface area contributed by atoms with Gasteiger partial charge in [-0.15, -0.1) is 0 Å². The van der Waals surface area contributed by atoms with Crippen LogP contribution >= 0.6 is 0 Å². The van der Waals surface area contributed by atoms with Crippen molar-refractivity contribution in [1.82, 2.24) is 9.97 Å². The first kappa shape index (κ1) is 20.3. The van der Waals surface area contributed by atoms with E-state index in [4.69, 9.17) is 4.74 Å². The first-order valence-electron chi connectivity index (χ1n) is 9.72. The van der Waals surface area contributed by atoms with Crippen molar-refractivity contribution >= 4 is 23.2 Å². The van der Waals surface area contributed by atoms with E-state index in [0.29, 0.717) is 17.3 Å². The van der Waals surface area contributed by atoms with Gasteiger partial charge in [0.15, 0.2) is 0 Å². The Hall–Kier alpha value is -3.41. The fourth-order valence-electron chi connectivity index (χ4n) is 2.78. The van der Waals surface area contributed by atoms with Crippen molar-refractivity contribution < 1.29 is 9.53 Å². The van der Waals surface area contributed by atoms with E-state index in [-0.39, 0.29) is 12.0 Å². The zero-order valence-corrected chi connectivity index (χ0v) is 17.2. The third-order valence-corrected chi connectivity index (χ3v) is 4.19. The number of hydrogen-bond acceptors (Lipinski definition) is 5. The van der Waals surface area contributed by atoms with E-state index in [0.717, 1.165) is 23.5 Å². The van der Waals surface area contributed by atoms with Gasteiger partial charge in [-0.3, -0.25) is 4.79 Å². The highest BCUT2D eigenvalue weighted by Crippen LogP contribution is 2.20. The Morgan fingerprint density at radius 2 is 1.66 bits per heavy atom. The summed E-state index contributed by atoms with van der Waals surface area (Å²) in [5.74, 6) is 0.891. The Morgan fingerprint density at radius 1 is 1.00 bits per heavy atom. The molecule has 0 radical (unpaired) electrons. The zero-order chi connectivity index (χ0) is 20.8. The maximum atomic E-state index is 12.6. The summed E-state index contributed by atoms with van der Waals surface area (Å²) < 4.78 is 5.65. The van der Waals surface area contributed by atoms with Gasteiger partial charge in [0.1, 0.15) is 11.4 Å². The summed E-state index contributed by atoms with van der Waals surface area (Å²) in [6.45, 7) is 7.89. The van der Waals surface area contributed by atoms with E-state index in [1.165, 1.54) is 5.56 Å². The van der Waals surface area contributed by atoms with Crippen LogP contribution in [0.1, 0.15) is 42.5 Å². The first-order chi connectivity index (χ1) is 13.9. The van der Waals surface area contributed by atoms with Gasteiger partial charge in [-0.2, -0.15) is 0 Å². The van der Waals surface area contributed by atoms with Gasteiger partial charge >= 0.3 is 0 Å². The minimum atomic E-state index is -0.275. The van der Waals surface area contributed by atoms with Gasteiger partial charge in [0.2, 0.25) is 5.95 Å². The van der Waals surface area contributed by atoms with E-state index in [9.17, 15) is 4.79 Å². The minimum Gasteiger partial charge on any atom is -0.491 e. The number of nitrogens with zero attached hydrogens (tertiary/aromatic N) is 2. The van der Waals surface area contributed by atoms with Crippen LogP contribution in [0.15, 0.2) is 54.6 Å². The highest BCUT2D eigenvalue weighted by atomic mass is 16.5. The van der Waals surface area contributed by atoms with Crippen LogP contribution < -0.4 is 15.4 Å². The Morgan fingerprint density at radius 3 is 2.28 bits per heavy atom. The summed E-state index contributed by atoms with van der Waals surface area (Å²) in [4.78, 5) is 21.4. The lowest BCUT2D eigenvalue weighted by molar-refractivity contribution is 0.102. The molecule has 0 aliphatic heterocycles. The van der Waals surface area contributed by atoms with Gasteiger partial charge in [-0.25, -0.2) is 9.97 Å². The van der Waals surface area contributed by atoms with Crippen molar-refractivity contribution in [3.8, 4) is 5.75 Å². The van der Waals surface area contributed by atoms with E-state index < -0.39 is 0 Å². The lowest BCUT2D eigenvalue weighted by Crippen LogP contribution is -2.15. The molecule has 29 heavy (non-hydrogen) atoms. The van der Waals surface area contributed by atoms with Crippen molar-refractivity contribution in [2.45, 2.75) is 40.2 Å². The summed E-state index contributed by atoms with van der Waals surface area (Å²) in [5.41, 5.74) is 3.78. The van der Waals surface area contributed by atoms with Crippen LogP contribution in [0.2, 0.25) is 0 Å². The van der Waals surface area contributed by atoms with Crippen LogP contribution in [0.4, 0.5) is 17.3 Å². The van der Waals surface area contributed by atoms with Crippen molar-refractivity contribution in [2.24, 2.45) is 0 Å². The zero-order valence-electron chi connectivity index (χ0n) is 17.2. The average molecular weight is 390 g/mol. The second kappa shape index (κ2) is 9.19. The molecule has 2 aromatic carbocycles. The molecule has 0 aliphatic rings. The molecular weight excluding hydrogens is 364 g/mol. The second-order valence-electron chi connectivity index (χ2n) is 7.04. The lowest BCUT2D eigenvalue weighted by atomic mass is 10.1. The Balaban J connectivity index is 1.72. The molecular formula is C23H26N4O2. The fraction of sp³-hybridized carbons (Fsp3) is 0.261. The van der Waals surface area contributed by atoms with Crippen molar-refractivity contribution in [3.05, 3.63) is 71.5 Å². The number of ether oxygens (including phenoxy) is 1. The van der Waals surface area contributed by atoms with Gasteiger partial charge in [0.25, 0.3) is 5.91 Å². The number of nitrogens with one attached hydrogen (secondary N) is 2. The quantitative estimate of drug-likeness (QED) is 0.585. The molecule has 150 valence electrons. The standard InChI is InChI=1S/C23H26N4O2/c1-5-17-6-8-18(9-7-17)25-22(28)21-14-16(4)24-23(27-21)26-19-10-12-20(13-11-19)29-15(2)3/h6-15H,5H2,1-4H3,(H,25,28)(H,24,26,27). The Kier molecular flexibility index (Phi) is 6.44. The molecule has 1 heterocycles. The molecule has 0 atom stereocenters. The van der Waals surface area contributed by atoms with Crippen LogP contribution in [0.5, 0.6) is 5.75 Å². The number of aromatic nitrogens is 2. The molecule has 6 heteroatoms. The number of anilines is 3. The highest BCUT2D eigenvalue weighted by molar-refractivity contribution is 6.03. The molecule has 0 saturated carbocycles. The normalized spacial score (nSPS) is 10.7. The monoisotopic (exact) mass is 390 g/mol. The topological polar surface area (TPSA) is 76.1 Å². The molecule has 2 N–H and O–H groups in total. The lowest BCUT2D eigenvalue weighted by Gasteiger charge is -2.11. The summed E-state index contributed by atoms with van der Waals surface area (Å²) in [7, 11) is 0. The molecule has 3 aromatic rings. The molecule has 0 spiro atoms. The van der Waals surface area contributed by atoms with Crippen LogP contribution in [-0.4, -0.2) is 22.0 Å². The molecule has 0 aliphatic carbocycles. The van der Waals surface area contributed by atoms with Gasteiger partial charge in [-0.1, -0.05) is 19.1 Å². The number of hydrogen-bond donors (Lipinski definition) is 2. The van der Waals surface area contributed by atoms with Crippen LogP contribution in [0, 0.1) is 6.92 Å². The number of aryl methyl sites for hydroxylation is 2. The van der Waals surface area contributed by atoms with Crippen LogP contribution in [0.25, 0.3) is 0 Å². The molecule has 6 nitrogen and oxygen atoms in total. The van der Waals surface area contributed by atoms with E-state index in [2.05, 4.69) is 27.5 Å². The third kappa shape index (κ3) is 5.78. The minimum absolute atomic E-state index is 0.119.